The second kappa shape index (κ2) is 11.1. The smallest absolute Gasteiger partial charge is 0.342 e. The molecule has 0 aliphatic carbocycles. The SMILES string of the molecule is CC(C)OC(=O)c1cccnc1N1CCN(Cc2cccc(COc3ccc(F)cc3)c2)CC1. The van der Waals surface area contributed by atoms with E-state index < -0.39 is 0 Å². The van der Waals surface area contributed by atoms with E-state index in [9.17, 15) is 9.18 Å². The van der Waals surface area contributed by atoms with E-state index in [4.69, 9.17) is 9.47 Å². The lowest BCUT2D eigenvalue weighted by Gasteiger charge is -2.36. The predicted octanol–water partition coefficient (Wildman–Crippen LogP) is 4.69. The Kier molecular flexibility index (Phi) is 7.75. The molecule has 178 valence electrons. The van der Waals surface area contributed by atoms with Crippen molar-refractivity contribution in [3.8, 4) is 5.75 Å². The second-order valence-electron chi connectivity index (χ2n) is 8.65. The molecule has 2 heterocycles. The van der Waals surface area contributed by atoms with Crippen LogP contribution in [0.2, 0.25) is 0 Å². The molecular weight excluding hydrogens is 433 g/mol. The van der Waals surface area contributed by atoms with Crippen molar-refractivity contribution in [2.24, 2.45) is 0 Å². The summed E-state index contributed by atoms with van der Waals surface area (Å²) < 4.78 is 24.2. The number of pyridine rings is 1. The Morgan fingerprint density at radius 1 is 1.00 bits per heavy atom. The molecule has 0 atom stereocenters. The molecule has 0 unspecified atom stereocenters. The van der Waals surface area contributed by atoms with Crippen molar-refractivity contribution in [2.75, 3.05) is 31.1 Å². The normalized spacial score (nSPS) is 14.3. The first-order chi connectivity index (χ1) is 16.5. The molecule has 4 rings (SSSR count). The number of halogens is 1. The van der Waals surface area contributed by atoms with Crippen LogP contribution in [0.1, 0.15) is 35.3 Å². The van der Waals surface area contributed by atoms with Gasteiger partial charge in [0, 0.05) is 38.9 Å². The predicted molar refractivity (Wildman–Crippen MR) is 129 cm³/mol. The summed E-state index contributed by atoms with van der Waals surface area (Å²) in [6.07, 6.45) is 1.54. The van der Waals surface area contributed by atoms with E-state index in [1.165, 1.54) is 17.7 Å². The van der Waals surface area contributed by atoms with Gasteiger partial charge in [0.2, 0.25) is 0 Å². The van der Waals surface area contributed by atoms with Gasteiger partial charge in [-0.3, -0.25) is 4.90 Å². The number of hydrogen-bond donors (Lipinski definition) is 0. The summed E-state index contributed by atoms with van der Waals surface area (Å²) in [5, 5.41) is 0. The minimum absolute atomic E-state index is 0.172. The van der Waals surface area contributed by atoms with Crippen LogP contribution in [0.4, 0.5) is 10.2 Å². The Hall–Kier alpha value is -3.45. The van der Waals surface area contributed by atoms with Gasteiger partial charge in [-0.1, -0.05) is 24.3 Å². The molecule has 1 saturated heterocycles. The summed E-state index contributed by atoms with van der Waals surface area (Å²) in [5.41, 5.74) is 2.80. The van der Waals surface area contributed by atoms with Gasteiger partial charge >= 0.3 is 5.97 Å². The average Bonchev–Trinajstić information content (AvgIpc) is 2.84. The first-order valence-electron chi connectivity index (χ1n) is 11.6. The van der Waals surface area contributed by atoms with Crippen molar-refractivity contribution in [3.63, 3.8) is 0 Å². The molecular formula is C27H30FN3O3. The van der Waals surface area contributed by atoms with Crippen molar-refractivity contribution >= 4 is 11.8 Å². The Bertz CT molecular complexity index is 1100. The number of anilines is 1. The summed E-state index contributed by atoms with van der Waals surface area (Å²) in [4.78, 5) is 21.5. The fourth-order valence-electron chi connectivity index (χ4n) is 3.98. The van der Waals surface area contributed by atoms with Gasteiger partial charge in [0.15, 0.2) is 0 Å². The van der Waals surface area contributed by atoms with Gasteiger partial charge in [-0.2, -0.15) is 0 Å². The molecule has 0 radical (unpaired) electrons. The highest BCUT2D eigenvalue weighted by Gasteiger charge is 2.23. The number of carbonyl (C=O) groups excluding carboxylic acids is 1. The summed E-state index contributed by atoms with van der Waals surface area (Å²) in [6, 6.07) is 17.9. The van der Waals surface area contributed by atoms with Gasteiger partial charge in [-0.25, -0.2) is 14.2 Å². The number of aromatic nitrogens is 1. The van der Waals surface area contributed by atoms with Crippen LogP contribution >= 0.6 is 0 Å². The molecule has 0 amide bonds. The van der Waals surface area contributed by atoms with Crippen molar-refractivity contribution < 1.29 is 18.7 Å². The third-order valence-electron chi connectivity index (χ3n) is 5.64. The largest absolute Gasteiger partial charge is 0.489 e. The lowest BCUT2D eigenvalue weighted by molar-refractivity contribution is 0.0378. The van der Waals surface area contributed by atoms with E-state index in [0.29, 0.717) is 23.7 Å². The maximum Gasteiger partial charge on any atom is 0.342 e. The van der Waals surface area contributed by atoms with Crippen LogP contribution in [0.15, 0.2) is 66.9 Å². The Balaban J connectivity index is 1.32. The van der Waals surface area contributed by atoms with Crippen molar-refractivity contribution in [3.05, 3.63) is 89.4 Å². The number of piperazine rings is 1. The maximum atomic E-state index is 13.1. The Labute approximate surface area is 199 Å². The van der Waals surface area contributed by atoms with Gasteiger partial charge < -0.3 is 14.4 Å². The number of esters is 1. The number of carbonyl (C=O) groups is 1. The zero-order chi connectivity index (χ0) is 23.9. The third kappa shape index (κ3) is 6.32. The van der Waals surface area contributed by atoms with Gasteiger partial charge in [-0.05, 0) is 61.4 Å². The van der Waals surface area contributed by atoms with Gasteiger partial charge in [-0.15, -0.1) is 0 Å². The second-order valence-corrected chi connectivity index (χ2v) is 8.65. The molecule has 34 heavy (non-hydrogen) atoms. The third-order valence-corrected chi connectivity index (χ3v) is 5.64. The van der Waals surface area contributed by atoms with Crippen LogP contribution in [0, 0.1) is 5.82 Å². The molecule has 6 nitrogen and oxygen atoms in total. The van der Waals surface area contributed by atoms with E-state index in [1.54, 1.807) is 30.5 Å². The molecule has 0 bridgehead atoms. The number of ether oxygens (including phenoxy) is 2. The zero-order valence-electron chi connectivity index (χ0n) is 19.6. The van der Waals surface area contributed by atoms with Crippen LogP contribution < -0.4 is 9.64 Å². The van der Waals surface area contributed by atoms with Crippen molar-refractivity contribution in [1.82, 2.24) is 9.88 Å². The van der Waals surface area contributed by atoms with E-state index in [-0.39, 0.29) is 17.9 Å². The van der Waals surface area contributed by atoms with Crippen LogP contribution in [0.25, 0.3) is 0 Å². The fourth-order valence-corrected chi connectivity index (χ4v) is 3.98. The number of hydrogen-bond acceptors (Lipinski definition) is 6. The van der Waals surface area contributed by atoms with Gasteiger partial charge in [0.1, 0.15) is 29.6 Å². The molecule has 3 aromatic rings. The zero-order valence-corrected chi connectivity index (χ0v) is 19.6. The molecule has 1 aliphatic heterocycles. The Morgan fingerprint density at radius 3 is 2.47 bits per heavy atom. The highest BCUT2D eigenvalue weighted by molar-refractivity contribution is 5.94. The van der Waals surface area contributed by atoms with Crippen LogP contribution in [0.5, 0.6) is 5.75 Å². The van der Waals surface area contributed by atoms with E-state index in [1.807, 2.05) is 26.0 Å². The molecule has 2 aromatic carbocycles. The minimum atomic E-state index is -0.333. The van der Waals surface area contributed by atoms with Crippen LogP contribution in [0.3, 0.4) is 0 Å². The molecule has 0 N–H and O–H groups in total. The highest BCUT2D eigenvalue weighted by atomic mass is 19.1. The van der Waals surface area contributed by atoms with Crippen molar-refractivity contribution in [2.45, 2.75) is 33.1 Å². The molecule has 1 aromatic heterocycles. The molecule has 1 fully saturated rings. The first-order valence-corrected chi connectivity index (χ1v) is 11.6. The van der Waals surface area contributed by atoms with E-state index >= 15 is 0 Å². The van der Waals surface area contributed by atoms with E-state index in [2.05, 4.69) is 26.9 Å². The summed E-state index contributed by atoms with van der Waals surface area (Å²) >= 11 is 0. The quantitative estimate of drug-likeness (QED) is 0.452. The topological polar surface area (TPSA) is 54.9 Å². The molecule has 1 aliphatic rings. The number of rotatable bonds is 8. The monoisotopic (exact) mass is 463 g/mol. The first kappa shape index (κ1) is 23.7. The summed E-state index contributed by atoms with van der Waals surface area (Å²) in [7, 11) is 0. The minimum Gasteiger partial charge on any atom is -0.489 e. The molecule has 0 saturated carbocycles. The average molecular weight is 464 g/mol. The van der Waals surface area contributed by atoms with Crippen LogP contribution in [-0.2, 0) is 17.9 Å². The lowest BCUT2D eigenvalue weighted by Crippen LogP contribution is -2.46. The van der Waals surface area contributed by atoms with Crippen LogP contribution in [-0.4, -0.2) is 48.1 Å². The molecule has 7 heteroatoms. The number of benzene rings is 2. The highest BCUT2D eigenvalue weighted by Crippen LogP contribution is 2.21. The number of nitrogens with zero attached hydrogens (tertiary/aromatic N) is 3. The van der Waals surface area contributed by atoms with Crippen molar-refractivity contribution in [1.29, 1.82) is 0 Å². The van der Waals surface area contributed by atoms with Gasteiger partial charge in [0.25, 0.3) is 0 Å². The molecule has 0 spiro atoms. The van der Waals surface area contributed by atoms with Gasteiger partial charge in [0.05, 0.1) is 6.10 Å². The standard InChI is InChI=1S/C27H30FN3O3/c1-20(2)34-27(32)25-7-4-12-29-26(25)31-15-13-30(14-16-31)18-21-5-3-6-22(17-21)19-33-24-10-8-23(28)9-11-24/h3-12,17,20H,13-16,18-19H2,1-2H3. The summed E-state index contributed by atoms with van der Waals surface area (Å²) in [6.45, 7) is 8.26. The fraction of sp³-hybridized carbons (Fsp3) is 0.333. The summed E-state index contributed by atoms with van der Waals surface area (Å²) in [5.74, 6) is 0.728. The Morgan fingerprint density at radius 2 is 1.74 bits per heavy atom. The lowest BCUT2D eigenvalue weighted by atomic mass is 10.1. The maximum absolute atomic E-state index is 13.1. The van der Waals surface area contributed by atoms with E-state index in [0.717, 1.165) is 38.3 Å².